The van der Waals surface area contributed by atoms with Gasteiger partial charge in [-0.3, -0.25) is 9.69 Å². The first-order chi connectivity index (χ1) is 11.6. The summed E-state index contributed by atoms with van der Waals surface area (Å²) in [6, 6.07) is 8.86. The number of amides is 1. The van der Waals surface area contributed by atoms with Gasteiger partial charge in [0.1, 0.15) is 12.1 Å². The lowest BCUT2D eigenvalue weighted by Crippen LogP contribution is -2.44. The van der Waals surface area contributed by atoms with E-state index in [2.05, 4.69) is 9.97 Å². The van der Waals surface area contributed by atoms with E-state index in [4.69, 9.17) is 23.2 Å². The second kappa shape index (κ2) is 7.28. The number of carbonyl (C=O) groups excluding carboxylic acids is 2. The number of anilines is 1. The van der Waals surface area contributed by atoms with Gasteiger partial charge in [0.25, 0.3) is 0 Å². The van der Waals surface area contributed by atoms with Gasteiger partial charge in [-0.15, -0.1) is 0 Å². The number of carbonyl (C=O) groups is 2. The average molecular weight is 364 g/mol. The first-order valence-electron chi connectivity index (χ1n) is 7.61. The molecule has 0 bridgehead atoms. The van der Waals surface area contributed by atoms with Crippen molar-refractivity contribution < 1.29 is 9.59 Å². The second-order valence-corrected chi connectivity index (χ2v) is 6.41. The molecule has 1 aliphatic heterocycles. The van der Waals surface area contributed by atoms with Crippen LogP contribution in [0.15, 0.2) is 36.5 Å². The standard InChI is InChI=1S/C17H15Cl2N3O2/c18-13-4-1-11(2-5-13)14-6-3-12(8-10-23)16(24)22(14)15-7-9-20-17(19)21-15/h1-2,4-5,7,9-10,12,14H,3,6,8H2/t12?,14-/m0/s1. The van der Waals surface area contributed by atoms with Gasteiger partial charge in [-0.25, -0.2) is 9.97 Å². The molecule has 1 aliphatic rings. The first-order valence-corrected chi connectivity index (χ1v) is 8.36. The Kier molecular flexibility index (Phi) is 5.11. The van der Waals surface area contributed by atoms with E-state index in [1.54, 1.807) is 23.1 Å². The van der Waals surface area contributed by atoms with Gasteiger partial charge in [0.05, 0.1) is 6.04 Å². The summed E-state index contributed by atoms with van der Waals surface area (Å²) in [7, 11) is 0. The quantitative estimate of drug-likeness (QED) is 0.611. The van der Waals surface area contributed by atoms with Crippen molar-refractivity contribution >= 4 is 41.2 Å². The largest absolute Gasteiger partial charge is 0.303 e. The molecule has 3 rings (SSSR count). The van der Waals surface area contributed by atoms with Crippen molar-refractivity contribution in [2.75, 3.05) is 4.90 Å². The molecule has 124 valence electrons. The van der Waals surface area contributed by atoms with E-state index in [-0.39, 0.29) is 29.6 Å². The molecule has 0 aliphatic carbocycles. The lowest BCUT2D eigenvalue weighted by molar-refractivity contribution is -0.126. The summed E-state index contributed by atoms with van der Waals surface area (Å²) in [5.74, 6) is -0.0154. The van der Waals surface area contributed by atoms with Crippen molar-refractivity contribution in [3.05, 3.63) is 52.4 Å². The maximum absolute atomic E-state index is 12.9. The number of benzene rings is 1. The van der Waals surface area contributed by atoms with E-state index in [1.165, 1.54) is 6.20 Å². The second-order valence-electron chi connectivity index (χ2n) is 5.64. The van der Waals surface area contributed by atoms with Crippen LogP contribution in [0.4, 0.5) is 5.82 Å². The molecule has 2 atom stereocenters. The molecule has 0 spiro atoms. The highest BCUT2D eigenvalue weighted by Crippen LogP contribution is 2.38. The molecule has 2 heterocycles. The third-order valence-electron chi connectivity index (χ3n) is 4.18. The molecule has 1 saturated heterocycles. The SMILES string of the molecule is O=CCC1CC[C@@H](c2ccc(Cl)cc2)N(c2ccnc(Cl)n2)C1=O. The van der Waals surface area contributed by atoms with Gasteiger partial charge in [-0.05, 0) is 48.2 Å². The fraction of sp³-hybridized carbons (Fsp3) is 0.294. The van der Waals surface area contributed by atoms with Crippen molar-refractivity contribution in [1.29, 1.82) is 0 Å². The number of piperidine rings is 1. The molecule has 1 aromatic heterocycles. The van der Waals surface area contributed by atoms with Crippen molar-refractivity contribution in [3.8, 4) is 0 Å². The Bertz CT molecular complexity index is 752. The molecule has 0 radical (unpaired) electrons. The Hall–Kier alpha value is -1.98. The topological polar surface area (TPSA) is 63.2 Å². The van der Waals surface area contributed by atoms with Gasteiger partial charge >= 0.3 is 0 Å². The van der Waals surface area contributed by atoms with Crippen LogP contribution in [0.1, 0.15) is 30.9 Å². The van der Waals surface area contributed by atoms with Crippen LogP contribution in [0.5, 0.6) is 0 Å². The van der Waals surface area contributed by atoms with E-state index in [1.807, 2.05) is 12.1 Å². The molecule has 1 unspecified atom stereocenters. The van der Waals surface area contributed by atoms with E-state index < -0.39 is 0 Å². The highest BCUT2D eigenvalue weighted by Gasteiger charge is 2.37. The highest BCUT2D eigenvalue weighted by atomic mass is 35.5. The maximum Gasteiger partial charge on any atom is 0.232 e. The van der Waals surface area contributed by atoms with Crippen LogP contribution in [0.25, 0.3) is 0 Å². The zero-order chi connectivity index (χ0) is 17.1. The molecule has 5 nitrogen and oxygen atoms in total. The molecular weight excluding hydrogens is 349 g/mol. The van der Waals surface area contributed by atoms with E-state index in [0.29, 0.717) is 17.3 Å². The summed E-state index contributed by atoms with van der Waals surface area (Å²) in [6.45, 7) is 0. The maximum atomic E-state index is 12.9. The minimum atomic E-state index is -0.334. The molecule has 1 amide bonds. The van der Waals surface area contributed by atoms with Crippen LogP contribution in [-0.4, -0.2) is 22.2 Å². The van der Waals surface area contributed by atoms with Crippen molar-refractivity contribution in [1.82, 2.24) is 9.97 Å². The van der Waals surface area contributed by atoms with Crippen LogP contribution >= 0.6 is 23.2 Å². The Labute approximate surface area is 149 Å². The summed E-state index contributed by atoms with van der Waals surface area (Å²) >= 11 is 11.9. The molecule has 0 saturated carbocycles. The highest BCUT2D eigenvalue weighted by molar-refractivity contribution is 6.30. The Morgan fingerprint density at radius 1 is 1.17 bits per heavy atom. The van der Waals surface area contributed by atoms with Gasteiger partial charge in [0.2, 0.25) is 11.2 Å². The third-order valence-corrected chi connectivity index (χ3v) is 4.61. The van der Waals surface area contributed by atoms with Crippen LogP contribution in [-0.2, 0) is 9.59 Å². The predicted octanol–water partition coefficient (Wildman–Crippen LogP) is 3.86. The third kappa shape index (κ3) is 3.42. The van der Waals surface area contributed by atoms with Crippen LogP contribution in [0, 0.1) is 5.92 Å². The first kappa shape index (κ1) is 16.9. The van der Waals surface area contributed by atoms with Crippen molar-refractivity contribution in [2.45, 2.75) is 25.3 Å². The number of aldehydes is 1. The monoisotopic (exact) mass is 363 g/mol. The summed E-state index contributed by atoms with van der Waals surface area (Å²) in [6.07, 6.45) is 3.89. The zero-order valence-electron chi connectivity index (χ0n) is 12.7. The fourth-order valence-corrected chi connectivity index (χ4v) is 3.30. The van der Waals surface area contributed by atoms with Crippen LogP contribution in [0.2, 0.25) is 10.3 Å². The fourth-order valence-electron chi connectivity index (χ4n) is 3.03. The normalized spacial score (nSPS) is 20.9. The average Bonchev–Trinajstić information content (AvgIpc) is 2.57. The van der Waals surface area contributed by atoms with Gasteiger partial charge in [-0.1, -0.05) is 23.7 Å². The van der Waals surface area contributed by atoms with Gasteiger partial charge in [-0.2, -0.15) is 0 Å². The van der Waals surface area contributed by atoms with E-state index >= 15 is 0 Å². The summed E-state index contributed by atoms with van der Waals surface area (Å²) in [5, 5.41) is 0.712. The Morgan fingerprint density at radius 2 is 1.92 bits per heavy atom. The minimum absolute atomic E-state index is 0.0765. The molecule has 2 aromatic rings. The van der Waals surface area contributed by atoms with Crippen molar-refractivity contribution in [2.24, 2.45) is 5.92 Å². The summed E-state index contributed by atoms with van der Waals surface area (Å²) in [5.41, 5.74) is 0.965. The van der Waals surface area contributed by atoms with Gasteiger partial charge < -0.3 is 4.79 Å². The molecule has 1 aromatic carbocycles. The van der Waals surface area contributed by atoms with Crippen LogP contribution in [0.3, 0.4) is 0 Å². The molecule has 1 fully saturated rings. The number of hydrogen-bond acceptors (Lipinski definition) is 4. The number of nitrogens with zero attached hydrogens (tertiary/aromatic N) is 3. The lowest BCUT2D eigenvalue weighted by Gasteiger charge is -2.38. The van der Waals surface area contributed by atoms with Gasteiger partial charge in [0, 0.05) is 23.6 Å². The molecule has 24 heavy (non-hydrogen) atoms. The minimum Gasteiger partial charge on any atom is -0.303 e. The molecule has 0 N–H and O–H groups in total. The summed E-state index contributed by atoms with van der Waals surface area (Å²) in [4.78, 5) is 33.5. The van der Waals surface area contributed by atoms with E-state index in [9.17, 15) is 9.59 Å². The van der Waals surface area contributed by atoms with Gasteiger partial charge in [0.15, 0.2) is 0 Å². The smallest absolute Gasteiger partial charge is 0.232 e. The molecule has 7 heteroatoms. The zero-order valence-corrected chi connectivity index (χ0v) is 14.2. The number of hydrogen-bond donors (Lipinski definition) is 0. The Balaban J connectivity index is 2.01. The van der Waals surface area contributed by atoms with Crippen molar-refractivity contribution in [3.63, 3.8) is 0 Å². The summed E-state index contributed by atoms with van der Waals surface area (Å²) < 4.78 is 0. The van der Waals surface area contributed by atoms with Crippen LogP contribution < -0.4 is 4.90 Å². The number of rotatable bonds is 4. The molecular formula is C17H15Cl2N3O2. The number of halogens is 2. The lowest BCUT2D eigenvalue weighted by atomic mass is 9.87. The number of aromatic nitrogens is 2. The van der Waals surface area contributed by atoms with E-state index in [0.717, 1.165) is 18.3 Å². The predicted molar refractivity (Wildman–Crippen MR) is 92.1 cm³/mol. The Morgan fingerprint density at radius 3 is 2.58 bits per heavy atom.